The topological polar surface area (TPSA) is 51.7 Å². The third kappa shape index (κ3) is 3.51. The minimum absolute atomic E-state index is 0.0771. The van der Waals surface area contributed by atoms with Crippen molar-refractivity contribution in [3.05, 3.63) is 53.7 Å². The van der Waals surface area contributed by atoms with E-state index in [1.807, 2.05) is 0 Å². The summed E-state index contributed by atoms with van der Waals surface area (Å²) in [6.07, 6.45) is 2.17. The molecule has 1 aromatic heterocycles. The van der Waals surface area contributed by atoms with Gasteiger partial charge in [-0.3, -0.25) is 4.79 Å². The molecule has 126 valence electrons. The van der Waals surface area contributed by atoms with Crippen molar-refractivity contribution in [2.45, 2.75) is 12.5 Å². The van der Waals surface area contributed by atoms with Gasteiger partial charge in [-0.1, -0.05) is 0 Å². The lowest BCUT2D eigenvalue weighted by molar-refractivity contribution is 0.0991. The molecule has 0 spiro atoms. The van der Waals surface area contributed by atoms with Crippen LogP contribution in [-0.4, -0.2) is 37.3 Å². The molecule has 0 radical (unpaired) electrons. The molecule has 0 unspecified atom stereocenters. The standard InChI is InChI=1S/C17H16F2N2O3/c1-21(12-2-3-14(18)15(19)9-12)17(22)11-4-6-20-16(8-11)24-13-5-7-23-10-13/h2-4,6,8-9,13H,5,7,10H2,1H3/t13-/m1/s1. The second-order valence-electron chi connectivity index (χ2n) is 5.45. The van der Waals surface area contributed by atoms with Crippen LogP contribution in [-0.2, 0) is 4.74 Å². The maximum atomic E-state index is 13.3. The van der Waals surface area contributed by atoms with Gasteiger partial charge in [0, 0.05) is 43.0 Å². The van der Waals surface area contributed by atoms with Crippen molar-refractivity contribution in [3.63, 3.8) is 0 Å². The Hall–Kier alpha value is -2.54. The van der Waals surface area contributed by atoms with Crippen LogP contribution < -0.4 is 9.64 Å². The highest BCUT2D eigenvalue weighted by atomic mass is 19.2. The number of ether oxygens (including phenoxy) is 2. The van der Waals surface area contributed by atoms with Gasteiger partial charge < -0.3 is 14.4 Å². The predicted octanol–water partition coefficient (Wildman–Crippen LogP) is 2.80. The Labute approximate surface area is 137 Å². The number of aromatic nitrogens is 1. The number of hydrogen-bond donors (Lipinski definition) is 0. The minimum Gasteiger partial charge on any atom is -0.472 e. The normalized spacial score (nSPS) is 16.9. The van der Waals surface area contributed by atoms with Crippen molar-refractivity contribution >= 4 is 11.6 Å². The molecule has 1 saturated heterocycles. The predicted molar refractivity (Wildman–Crippen MR) is 83.2 cm³/mol. The first kappa shape index (κ1) is 16.3. The van der Waals surface area contributed by atoms with E-state index < -0.39 is 11.6 Å². The molecular weight excluding hydrogens is 318 g/mol. The van der Waals surface area contributed by atoms with Gasteiger partial charge in [-0.05, 0) is 18.2 Å². The molecule has 0 N–H and O–H groups in total. The van der Waals surface area contributed by atoms with E-state index in [1.165, 1.54) is 36.3 Å². The van der Waals surface area contributed by atoms with E-state index in [0.717, 1.165) is 18.6 Å². The molecule has 1 aromatic carbocycles. The summed E-state index contributed by atoms with van der Waals surface area (Å²) in [5.41, 5.74) is 0.591. The molecule has 2 aromatic rings. The highest BCUT2D eigenvalue weighted by Crippen LogP contribution is 2.21. The maximum Gasteiger partial charge on any atom is 0.258 e. The zero-order chi connectivity index (χ0) is 17.1. The molecule has 1 amide bonds. The Morgan fingerprint density at radius 1 is 1.29 bits per heavy atom. The molecular formula is C17H16F2N2O3. The number of carbonyl (C=O) groups is 1. The van der Waals surface area contributed by atoms with Crippen LogP contribution >= 0.6 is 0 Å². The molecule has 3 rings (SSSR count). The van der Waals surface area contributed by atoms with Crippen molar-refractivity contribution in [2.24, 2.45) is 0 Å². The number of halogens is 2. The van der Waals surface area contributed by atoms with Crippen molar-refractivity contribution in [3.8, 4) is 5.88 Å². The summed E-state index contributed by atoms with van der Waals surface area (Å²) >= 11 is 0. The van der Waals surface area contributed by atoms with E-state index in [9.17, 15) is 13.6 Å². The van der Waals surface area contributed by atoms with Crippen LogP contribution in [0.4, 0.5) is 14.5 Å². The molecule has 1 aliphatic heterocycles. The first-order chi connectivity index (χ1) is 11.5. The van der Waals surface area contributed by atoms with Gasteiger partial charge in [-0.15, -0.1) is 0 Å². The Kier molecular flexibility index (Phi) is 4.71. The number of benzene rings is 1. The number of carbonyl (C=O) groups excluding carboxylic acids is 1. The van der Waals surface area contributed by atoms with Crippen molar-refractivity contribution in [2.75, 3.05) is 25.2 Å². The SMILES string of the molecule is CN(C(=O)c1ccnc(O[C@@H]2CCOC2)c1)c1ccc(F)c(F)c1. The number of anilines is 1. The van der Waals surface area contributed by atoms with Crippen molar-refractivity contribution in [1.82, 2.24) is 4.98 Å². The van der Waals surface area contributed by atoms with E-state index in [2.05, 4.69) is 4.98 Å². The summed E-state index contributed by atoms with van der Waals surface area (Å²) in [5, 5.41) is 0. The first-order valence-corrected chi connectivity index (χ1v) is 7.48. The van der Waals surface area contributed by atoms with Crippen molar-refractivity contribution < 1.29 is 23.0 Å². The maximum absolute atomic E-state index is 13.3. The lowest BCUT2D eigenvalue weighted by atomic mass is 10.2. The molecule has 1 fully saturated rings. The van der Waals surface area contributed by atoms with Crippen LogP contribution in [0.25, 0.3) is 0 Å². The van der Waals surface area contributed by atoms with Gasteiger partial charge in [0.05, 0.1) is 13.2 Å². The number of pyridine rings is 1. The monoisotopic (exact) mass is 334 g/mol. The molecule has 1 atom stereocenters. The average Bonchev–Trinajstić information content (AvgIpc) is 3.09. The molecule has 0 aliphatic carbocycles. The zero-order valence-corrected chi connectivity index (χ0v) is 13.0. The van der Waals surface area contributed by atoms with E-state index in [0.29, 0.717) is 24.7 Å². The fraction of sp³-hybridized carbons (Fsp3) is 0.294. The minimum atomic E-state index is -1.01. The van der Waals surface area contributed by atoms with E-state index in [4.69, 9.17) is 9.47 Å². The largest absolute Gasteiger partial charge is 0.472 e. The lowest BCUT2D eigenvalue weighted by Crippen LogP contribution is -2.26. The van der Waals surface area contributed by atoms with Gasteiger partial charge in [-0.25, -0.2) is 13.8 Å². The van der Waals surface area contributed by atoms with Gasteiger partial charge in [0.15, 0.2) is 11.6 Å². The number of hydrogen-bond acceptors (Lipinski definition) is 4. The van der Waals surface area contributed by atoms with Crippen LogP contribution in [0.5, 0.6) is 5.88 Å². The van der Waals surface area contributed by atoms with Crippen LogP contribution in [0.3, 0.4) is 0 Å². The second kappa shape index (κ2) is 6.92. The van der Waals surface area contributed by atoms with Crippen LogP contribution in [0.2, 0.25) is 0 Å². The number of amides is 1. The summed E-state index contributed by atoms with van der Waals surface area (Å²) in [4.78, 5) is 17.9. The van der Waals surface area contributed by atoms with Gasteiger partial charge in [0.1, 0.15) is 6.10 Å². The van der Waals surface area contributed by atoms with Gasteiger partial charge in [0.2, 0.25) is 5.88 Å². The molecule has 2 heterocycles. The first-order valence-electron chi connectivity index (χ1n) is 7.48. The number of rotatable bonds is 4. The third-order valence-electron chi connectivity index (χ3n) is 3.75. The van der Waals surface area contributed by atoms with Gasteiger partial charge in [-0.2, -0.15) is 0 Å². The number of nitrogens with zero attached hydrogens (tertiary/aromatic N) is 2. The Morgan fingerprint density at radius 3 is 2.83 bits per heavy atom. The molecule has 24 heavy (non-hydrogen) atoms. The lowest BCUT2D eigenvalue weighted by Gasteiger charge is -2.18. The average molecular weight is 334 g/mol. The molecule has 0 bridgehead atoms. The summed E-state index contributed by atoms with van der Waals surface area (Å²) in [5.74, 6) is -2.02. The van der Waals surface area contributed by atoms with Crippen LogP contribution in [0.15, 0.2) is 36.5 Å². The van der Waals surface area contributed by atoms with Crippen molar-refractivity contribution in [1.29, 1.82) is 0 Å². The second-order valence-corrected chi connectivity index (χ2v) is 5.45. The van der Waals surface area contributed by atoms with E-state index >= 15 is 0 Å². The molecule has 1 aliphatic rings. The van der Waals surface area contributed by atoms with Crippen LogP contribution in [0, 0.1) is 11.6 Å². The summed E-state index contributed by atoms with van der Waals surface area (Å²) in [7, 11) is 1.49. The highest BCUT2D eigenvalue weighted by molar-refractivity contribution is 6.05. The molecule has 0 saturated carbocycles. The van der Waals surface area contributed by atoms with Gasteiger partial charge >= 0.3 is 0 Å². The Balaban J connectivity index is 1.77. The fourth-order valence-corrected chi connectivity index (χ4v) is 2.39. The van der Waals surface area contributed by atoms with Gasteiger partial charge in [0.25, 0.3) is 5.91 Å². The van der Waals surface area contributed by atoms with Crippen LogP contribution in [0.1, 0.15) is 16.8 Å². The van der Waals surface area contributed by atoms with E-state index in [-0.39, 0.29) is 17.7 Å². The Bertz CT molecular complexity index is 748. The zero-order valence-electron chi connectivity index (χ0n) is 13.0. The fourth-order valence-electron chi connectivity index (χ4n) is 2.39. The summed E-state index contributed by atoms with van der Waals surface area (Å²) in [6.45, 7) is 1.14. The molecule has 7 heteroatoms. The molecule has 5 nitrogen and oxygen atoms in total. The highest BCUT2D eigenvalue weighted by Gasteiger charge is 2.20. The third-order valence-corrected chi connectivity index (χ3v) is 3.75. The summed E-state index contributed by atoms with van der Waals surface area (Å²) < 4.78 is 37.3. The quantitative estimate of drug-likeness (QED) is 0.863. The summed E-state index contributed by atoms with van der Waals surface area (Å²) in [6, 6.07) is 6.36. The smallest absolute Gasteiger partial charge is 0.258 e. The Morgan fingerprint density at radius 2 is 2.12 bits per heavy atom. The van der Waals surface area contributed by atoms with E-state index in [1.54, 1.807) is 0 Å².